The first kappa shape index (κ1) is 14.8. The smallest absolute Gasteiger partial charge is 0.223 e. The van der Waals surface area contributed by atoms with Gasteiger partial charge in [0.2, 0.25) is 5.91 Å². The van der Waals surface area contributed by atoms with Crippen molar-refractivity contribution in [2.75, 3.05) is 19.6 Å². The van der Waals surface area contributed by atoms with Crippen molar-refractivity contribution in [3.8, 4) is 0 Å². The van der Waals surface area contributed by atoms with E-state index >= 15 is 0 Å². The van der Waals surface area contributed by atoms with Gasteiger partial charge in [0.05, 0.1) is 0 Å². The van der Waals surface area contributed by atoms with E-state index in [0.717, 1.165) is 41.0 Å². The summed E-state index contributed by atoms with van der Waals surface area (Å²) in [6, 6.07) is 5.84. The lowest BCUT2D eigenvalue weighted by atomic mass is 10.2. The molecule has 1 fully saturated rings. The van der Waals surface area contributed by atoms with Crippen molar-refractivity contribution in [2.45, 2.75) is 25.8 Å². The third-order valence-electron chi connectivity index (χ3n) is 3.30. The molecule has 5 heteroatoms. The van der Waals surface area contributed by atoms with Gasteiger partial charge in [0, 0.05) is 42.1 Å². The molecule has 104 valence electrons. The molecule has 0 aliphatic carbocycles. The number of amides is 1. The lowest BCUT2D eigenvalue weighted by molar-refractivity contribution is -0.130. The van der Waals surface area contributed by atoms with Crippen molar-refractivity contribution < 1.29 is 4.79 Å². The number of hydrogen-bond donors (Lipinski definition) is 1. The highest BCUT2D eigenvalue weighted by Gasteiger charge is 2.16. The van der Waals surface area contributed by atoms with Crippen molar-refractivity contribution in [3.63, 3.8) is 0 Å². The molecule has 0 bridgehead atoms. The Morgan fingerprint density at radius 3 is 2.79 bits per heavy atom. The Labute approximate surface area is 127 Å². The van der Waals surface area contributed by atoms with Gasteiger partial charge in [-0.1, -0.05) is 33.6 Å². The van der Waals surface area contributed by atoms with Gasteiger partial charge in [-0.15, -0.1) is 0 Å². The number of rotatable bonds is 5. The SMILES string of the molecule is O=C(CCNCc1ccc(Br)cc1Cl)N1CCCC1. The number of halogens is 2. The average molecular weight is 346 g/mol. The number of nitrogens with zero attached hydrogens (tertiary/aromatic N) is 1. The Bertz CT molecular complexity index is 447. The largest absolute Gasteiger partial charge is 0.343 e. The lowest BCUT2D eigenvalue weighted by Gasteiger charge is -2.15. The van der Waals surface area contributed by atoms with Crippen LogP contribution in [0.4, 0.5) is 0 Å². The number of hydrogen-bond acceptors (Lipinski definition) is 2. The van der Waals surface area contributed by atoms with Gasteiger partial charge in [-0.3, -0.25) is 4.79 Å². The van der Waals surface area contributed by atoms with Crippen LogP contribution < -0.4 is 5.32 Å². The van der Waals surface area contributed by atoms with E-state index in [1.807, 2.05) is 23.1 Å². The Kier molecular flexibility index (Phi) is 5.67. The van der Waals surface area contributed by atoms with Crippen LogP contribution in [0.25, 0.3) is 0 Å². The van der Waals surface area contributed by atoms with Crippen LogP contribution >= 0.6 is 27.5 Å². The van der Waals surface area contributed by atoms with Crippen LogP contribution in [0.5, 0.6) is 0 Å². The zero-order valence-corrected chi connectivity index (χ0v) is 13.1. The molecule has 0 atom stereocenters. The lowest BCUT2D eigenvalue weighted by Crippen LogP contribution is -2.30. The Morgan fingerprint density at radius 2 is 2.11 bits per heavy atom. The zero-order chi connectivity index (χ0) is 13.7. The predicted octanol–water partition coefficient (Wildman–Crippen LogP) is 3.20. The molecule has 0 aromatic heterocycles. The number of likely N-dealkylation sites (tertiary alicyclic amines) is 1. The maximum Gasteiger partial charge on any atom is 0.223 e. The van der Waals surface area contributed by atoms with Crippen molar-refractivity contribution in [1.82, 2.24) is 10.2 Å². The van der Waals surface area contributed by atoms with Gasteiger partial charge < -0.3 is 10.2 Å². The second-order valence-electron chi connectivity index (χ2n) is 4.75. The fourth-order valence-corrected chi connectivity index (χ4v) is 2.95. The quantitative estimate of drug-likeness (QED) is 0.831. The topological polar surface area (TPSA) is 32.3 Å². The Morgan fingerprint density at radius 1 is 1.37 bits per heavy atom. The molecule has 1 saturated heterocycles. The minimum absolute atomic E-state index is 0.256. The monoisotopic (exact) mass is 344 g/mol. The summed E-state index contributed by atoms with van der Waals surface area (Å²) in [4.78, 5) is 13.8. The highest BCUT2D eigenvalue weighted by molar-refractivity contribution is 9.10. The molecule has 0 unspecified atom stereocenters. The molecule has 3 nitrogen and oxygen atoms in total. The van der Waals surface area contributed by atoms with Crippen LogP contribution in [0, 0.1) is 0 Å². The zero-order valence-electron chi connectivity index (χ0n) is 10.8. The normalized spacial score (nSPS) is 14.9. The molecule has 1 N–H and O–H groups in total. The molecule has 0 saturated carbocycles. The second-order valence-corrected chi connectivity index (χ2v) is 6.07. The average Bonchev–Trinajstić information content (AvgIpc) is 2.90. The molecule has 1 aromatic rings. The van der Waals surface area contributed by atoms with Crippen LogP contribution in [-0.4, -0.2) is 30.4 Å². The summed E-state index contributed by atoms with van der Waals surface area (Å²) in [5.41, 5.74) is 1.05. The number of carbonyl (C=O) groups excluding carboxylic acids is 1. The van der Waals surface area contributed by atoms with Crippen LogP contribution in [-0.2, 0) is 11.3 Å². The van der Waals surface area contributed by atoms with Crippen LogP contribution in [0.15, 0.2) is 22.7 Å². The molecule has 1 aliphatic rings. The molecular weight excluding hydrogens is 328 g/mol. The first-order valence-electron chi connectivity index (χ1n) is 6.59. The van der Waals surface area contributed by atoms with E-state index in [1.165, 1.54) is 0 Å². The summed E-state index contributed by atoms with van der Waals surface area (Å²) in [5.74, 6) is 0.256. The summed E-state index contributed by atoms with van der Waals surface area (Å²) in [6.07, 6.45) is 2.86. The molecule has 1 aromatic carbocycles. The molecule has 1 aliphatic heterocycles. The fourth-order valence-electron chi connectivity index (χ4n) is 2.21. The van der Waals surface area contributed by atoms with Crippen LogP contribution in [0.3, 0.4) is 0 Å². The van der Waals surface area contributed by atoms with Crippen molar-refractivity contribution in [1.29, 1.82) is 0 Å². The van der Waals surface area contributed by atoms with Crippen molar-refractivity contribution in [2.24, 2.45) is 0 Å². The molecule has 1 heterocycles. The Balaban J connectivity index is 1.70. The van der Waals surface area contributed by atoms with Gasteiger partial charge >= 0.3 is 0 Å². The number of benzene rings is 1. The van der Waals surface area contributed by atoms with Crippen LogP contribution in [0.1, 0.15) is 24.8 Å². The second kappa shape index (κ2) is 7.27. The number of nitrogens with one attached hydrogen (secondary N) is 1. The standard InChI is InChI=1S/C14H18BrClN2O/c15-12-4-3-11(13(16)9-12)10-17-6-5-14(19)18-7-1-2-8-18/h3-4,9,17H,1-2,5-8,10H2. The summed E-state index contributed by atoms with van der Waals surface area (Å²) >= 11 is 9.51. The van der Waals surface area contributed by atoms with Gasteiger partial charge in [0.25, 0.3) is 0 Å². The Hall–Kier alpha value is -0.580. The molecule has 1 amide bonds. The minimum atomic E-state index is 0.256. The van der Waals surface area contributed by atoms with Crippen molar-refractivity contribution in [3.05, 3.63) is 33.3 Å². The van der Waals surface area contributed by atoms with Gasteiger partial charge in [-0.2, -0.15) is 0 Å². The minimum Gasteiger partial charge on any atom is -0.343 e. The van der Waals surface area contributed by atoms with Gasteiger partial charge in [0.15, 0.2) is 0 Å². The summed E-state index contributed by atoms with van der Waals surface area (Å²) in [5, 5.41) is 4.01. The fraction of sp³-hybridized carbons (Fsp3) is 0.500. The maximum atomic E-state index is 11.8. The van der Waals surface area contributed by atoms with Crippen LogP contribution in [0.2, 0.25) is 5.02 Å². The van der Waals surface area contributed by atoms with E-state index < -0.39 is 0 Å². The first-order valence-corrected chi connectivity index (χ1v) is 7.76. The summed E-state index contributed by atoms with van der Waals surface area (Å²) in [6.45, 7) is 3.25. The van der Waals surface area contributed by atoms with Gasteiger partial charge in [-0.05, 0) is 30.5 Å². The first-order chi connectivity index (χ1) is 9.16. The third kappa shape index (κ3) is 4.48. The van der Waals surface area contributed by atoms with E-state index in [9.17, 15) is 4.79 Å². The molecular formula is C14H18BrClN2O. The van der Waals surface area contributed by atoms with E-state index in [4.69, 9.17) is 11.6 Å². The van der Waals surface area contributed by atoms with Gasteiger partial charge in [0.1, 0.15) is 0 Å². The maximum absolute atomic E-state index is 11.8. The molecule has 0 spiro atoms. The van der Waals surface area contributed by atoms with Gasteiger partial charge in [-0.25, -0.2) is 0 Å². The summed E-state index contributed by atoms with van der Waals surface area (Å²) in [7, 11) is 0. The van der Waals surface area contributed by atoms with E-state index in [1.54, 1.807) is 0 Å². The summed E-state index contributed by atoms with van der Waals surface area (Å²) < 4.78 is 0.977. The van der Waals surface area contributed by atoms with E-state index in [2.05, 4.69) is 21.2 Å². The third-order valence-corrected chi connectivity index (χ3v) is 4.15. The highest BCUT2D eigenvalue weighted by Crippen LogP contribution is 2.21. The predicted molar refractivity (Wildman–Crippen MR) is 81.3 cm³/mol. The van der Waals surface area contributed by atoms with E-state index in [-0.39, 0.29) is 5.91 Å². The molecule has 0 radical (unpaired) electrons. The molecule has 2 rings (SSSR count). The molecule has 19 heavy (non-hydrogen) atoms. The number of carbonyl (C=O) groups is 1. The van der Waals surface area contributed by atoms with E-state index in [0.29, 0.717) is 19.5 Å². The van der Waals surface area contributed by atoms with Crippen molar-refractivity contribution >= 4 is 33.4 Å². The highest BCUT2D eigenvalue weighted by atomic mass is 79.9.